The number of aromatic nitrogens is 2. The van der Waals surface area contributed by atoms with Crippen LogP contribution in [0.1, 0.15) is 28.9 Å². The summed E-state index contributed by atoms with van der Waals surface area (Å²) in [6.07, 6.45) is 5.30. The number of benzene rings is 2. The number of nitrogens with one attached hydrogen (secondary N) is 1. The fourth-order valence-electron chi connectivity index (χ4n) is 2.39. The van der Waals surface area contributed by atoms with Crippen LogP contribution in [0.3, 0.4) is 0 Å². The summed E-state index contributed by atoms with van der Waals surface area (Å²) in [7, 11) is 0. The van der Waals surface area contributed by atoms with Crippen molar-refractivity contribution in [3.63, 3.8) is 0 Å². The predicted octanol–water partition coefficient (Wildman–Crippen LogP) is 3.72. The number of phenols is 1. The van der Waals surface area contributed by atoms with Crippen LogP contribution < -0.4 is 5.32 Å². The molecule has 0 fully saturated rings. The molecule has 1 amide bonds. The van der Waals surface area contributed by atoms with Gasteiger partial charge in [0.2, 0.25) is 0 Å². The summed E-state index contributed by atoms with van der Waals surface area (Å²) in [5.41, 5.74) is 2.10. The third-order valence-corrected chi connectivity index (χ3v) is 3.98. The van der Waals surface area contributed by atoms with Crippen LogP contribution in [0.25, 0.3) is 5.69 Å². The van der Waals surface area contributed by atoms with Gasteiger partial charge in [0.05, 0.1) is 17.9 Å². The molecule has 2 N–H and O–H groups in total. The second-order valence-electron chi connectivity index (χ2n) is 5.42. The van der Waals surface area contributed by atoms with E-state index < -0.39 is 0 Å². The average molecular weight is 342 g/mol. The van der Waals surface area contributed by atoms with Gasteiger partial charge in [-0.25, -0.2) is 4.98 Å². The monoisotopic (exact) mass is 341 g/mol. The van der Waals surface area contributed by atoms with E-state index in [1.54, 1.807) is 12.5 Å². The molecule has 2 aromatic carbocycles. The van der Waals surface area contributed by atoms with Crippen LogP contribution in [0.4, 0.5) is 0 Å². The number of hydrogen-bond acceptors (Lipinski definition) is 3. The van der Waals surface area contributed by atoms with Crippen LogP contribution in [0.15, 0.2) is 61.2 Å². The zero-order valence-corrected chi connectivity index (χ0v) is 13.7. The van der Waals surface area contributed by atoms with E-state index in [1.165, 1.54) is 18.2 Å². The molecule has 0 saturated heterocycles. The second-order valence-corrected chi connectivity index (χ2v) is 5.85. The highest BCUT2D eigenvalue weighted by atomic mass is 35.5. The quantitative estimate of drug-likeness (QED) is 0.760. The molecule has 0 spiro atoms. The van der Waals surface area contributed by atoms with E-state index in [-0.39, 0.29) is 23.3 Å². The average Bonchev–Trinajstić information content (AvgIpc) is 3.11. The van der Waals surface area contributed by atoms with Crippen molar-refractivity contribution in [2.45, 2.75) is 13.0 Å². The van der Waals surface area contributed by atoms with Gasteiger partial charge in [0, 0.05) is 23.1 Å². The number of amides is 1. The molecular weight excluding hydrogens is 326 g/mol. The number of phenolic OH excluding ortho intramolecular Hbond substituents is 1. The molecule has 3 aromatic rings. The lowest BCUT2D eigenvalue weighted by Gasteiger charge is -2.15. The molecule has 0 bridgehead atoms. The number of halogens is 1. The van der Waals surface area contributed by atoms with Crippen molar-refractivity contribution in [3.8, 4) is 11.4 Å². The number of aromatic hydroxyl groups is 1. The maximum absolute atomic E-state index is 12.3. The summed E-state index contributed by atoms with van der Waals surface area (Å²) in [4.78, 5) is 16.3. The van der Waals surface area contributed by atoms with Gasteiger partial charge in [-0.1, -0.05) is 23.7 Å². The summed E-state index contributed by atoms with van der Waals surface area (Å²) < 4.78 is 1.90. The first-order valence-electron chi connectivity index (χ1n) is 7.42. The van der Waals surface area contributed by atoms with E-state index in [4.69, 9.17) is 11.6 Å². The fourth-order valence-corrected chi connectivity index (χ4v) is 2.57. The molecule has 1 unspecified atom stereocenters. The maximum atomic E-state index is 12.3. The summed E-state index contributed by atoms with van der Waals surface area (Å²) >= 11 is 5.88. The Balaban J connectivity index is 1.73. The van der Waals surface area contributed by atoms with Gasteiger partial charge in [0.1, 0.15) is 5.75 Å². The summed E-state index contributed by atoms with van der Waals surface area (Å²) in [5.74, 6) is -0.472. The Hall–Kier alpha value is -2.79. The lowest BCUT2D eigenvalue weighted by atomic mass is 10.1. The highest BCUT2D eigenvalue weighted by Crippen LogP contribution is 2.23. The van der Waals surface area contributed by atoms with Gasteiger partial charge in [-0.3, -0.25) is 4.79 Å². The Morgan fingerprint density at radius 1 is 1.25 bits per heavy atom. The number of hydrogen-bond donors (Lipinski definition) is 2. The molecule has 0 aliphatic carbocycles. The van der Waals surface area contributed by atoms with Crippen LogP contribution >= 0.6 is 11.6 Å². The standard InChI is InChI=1S/C18H16ClN3O2/c1-12(21-18(24)16-10-14(19)4-7-17(16)23)13-2-5-15(6-3-13)22-9-8-20-11-22/h2-12,23H,1H3,(H,21,24). The molecule has 24 heavy (non-hydrogen) atoms. The van der Waals surface area contributed by atoms with Crippen LogP contribution in [0.2, 0.25) is 5.02 Å². The Morgan fingerprint density at radius 3 is 2.67 bits per heavy atom. The minimum Gasteiger partial charge on any atom is -0.507 e. The van der Waals surface area contributed by atoms with Gasteiger partial charge in [-0.2, -0.15) is 0 Å². The number of imidazole rings is 1. The lowest BCUT2D eigenvalue weighted by molar-refractivity contribution is 0.0937. The molecule has 1 aromatic heterocycles. The zero-order chi connectivity index (χ0) is 17.1. The van der Waals surface area contributed by atoms with Gasteiger partial charge in [-0.05, 0) is 42.8 Å². The van der Waals surface area contributed by atoms with E-state index in [0.29, 0.717) is 5.02 Å². The molecule has 0 aliphatic rings. The molecule has 1 atom stereocenters. The van der Waals surface area contributed by atoms with Crippen molar-refractivity contribution in [2.24, 2.45) is 0 Å². The van der Waals surface area contributed by atoms with Crippen molar-refractivity contribution in [2.75, 3.05) is 0 Å². The number of rotatable bonds is 4. The molecule has 6 heteroatoms. The first-order valence-corrected chi connectivity index (χ1v) is 7.80. The molecule has 3 rings (SSSR count). The fraction of sp³-hybridized carbons (Fsp3) is 0.111. The Morgan fingerprint density at radius 2 is 2.00 bits per heavy atom. The molecular formula is C18H16ClN3O2. The SMILES string of the molecule is CC(NC(=O)c1cc(Cl)ccc1O)c1ccc(-n2ccnc2)cc1. The van der Waals surface area contributed by atoms with E-state index >= 15 is 0 Å². The molecule has 0 aliphatic heterocycles. The number of carbonyl (C=O) groups excluding carboxylic acids is 1. The minimum atomic E-state index is -0.374. The van der Waals surface area contributed by atoms with Gasteiger partial charge in [0.25, 0.3) is 5.91 Å². The van der Waals surface area contributed by atoms with Crippen molar-refractivity contribution in [3.05, 3.63) is 77.3 Å². The van der Waals surface area contributed by atoms with E-state index in [1.807, 2.05) is 42.0 Å². The molecule has 1 heterocycles. The zero-order valence-electron chi connectivity index (χ0n) is 13.0. The Kier molecular flexibility index (Phi) is 4.53. The van der Waals surface area contributed by atoms with Crippen LogP contribution in [0.5, 0.6) is 5.75 Å². The topological polar surface area (TPSA) is 67.2 Å². The lowest BCUT2D eigenvalue weighted by Crippen LogP contribution is -2.26. The van der Waals surface area contributed by atoms with Crippen molar-refractivity contribution >= 4 is 17.5 Å². The van der Waals surface area contributed by atoms with Gasteiger partial charge in [0.15, 0.2) is 0 Å². The molecule has 0 radical (unpaired) electrons. The highest BCUT2D eigenvalue weighted by Gasteiger charge is 2.15. The maximum Gasteiger partial charge on any atom is 0.255 e. The predicted molar refractivity (Wildman–Crippen MR) is 92.6 cm³/mol. The second kappa shape index (κ2) is 6.76. The van der Waals surface area contributed by atoms with Gasteiger partial charge < -0.3 is 15.0 Å². The molecule has 0 saturated carbocycles. The Bertz CT molecular complexity index is 845. The minimum absolute atomic E-state index is 0.0976. The van der Waals surface area contributed by atoms with E-state index in [0.717, 1.165) is 11.3 Å². The number of nitrogens with zero attached hydrogens (tertiary/aromatic N) is 2. The highest BCUT2D eigenvalue weighted by molar-refractivity contribution is 6.31. The third-order valence-electron chi connectivity index (χ3n) is 3.75. The van der Waals surface area contributed by atoms with Crippen LogP contribution in [0, 0.1) is 0 Å². The molecule has 5 nitrogen and oxygen atoms in total. The summed E-state index contributed by atoms with van der Waals surface area (Å²) in [6.45, 7) is 1.88. The van der Waals surface area contributed by atoms with Crippen molar-refractivity contribution in [1.29, 1.82) is 0 Å². The van der Waals surface area contributed by atoms with Gasteiger partial charge in [-0.15, -0.1) is 0 Å². The third kappa shape index (κ3) is 3.41. The van der Waals surface area contributed by atoms with Crippen LogP contribution in [-0.2, 0) is 0 Å². The van der Waals surface area contributed by atoms with E-state index in [2.05, 4.69) is 10.3 Å². The first kappa shape index (κ1) is 16.1. The summed E-state index contributed by atoms with van der Waals surface area (Å²) in [5, 5.41) is 13.1. The van der Waals surface area contributed by atoms with Gasteiger partial charge >= 0.3 is 0 Å². The van der Waals surface area contributed by atoms with Crippen LogP contribution in [-0.4, -0.2) is 20.6 Å². The normalized spacial score (nSPS) is 11.9. The first-order chi connectivity index (χ1) is 11.5. The van der Waals surface area contributed by atoms with Crippen molar-refractivity contribution < 1.29 is 9.90 Å². The smallest absolute Gasteiger partial charge is 0.255 e. The summed E-state index contributed by atoms with van der Waals surface area (Å²) in [6, 6.07) is 12.0. The molecule has 122 valence electrons. The largest absolute Gasteiger partial charge is 0.507 e. The number of carbonyl (C=O) groups is 1. The van der Waals surface area contributed by atoms with Crippen molar-refractivity contribution in [1.82, 2.24) is 14.9 Å². The Labute approximate surface area is 144 Å². The van der Waals surface area contributed by atoms with E-state index in [9.17, 15) is 9.90 Å².